The average Bonchev–Trinajstić information content (AvgIpc) is 2.85. The lowest BCUT2D eigenvalue weighted by molar-refractivity contribution is 0.395. The van der Waals surface area contributed by atoms with Crippen LogP contribution in [0.2, 0.25) is 0 Å². The van der Waals surface area contributed by atoms with Gasteiger partial charge in [-0.3, -0.25) is 4.99 Å². The predicted molar refractivity (Wildman–Crippen MR) is 77.1 cm³/mol. The summed E-state index contributed by atoms with van der Waals surface area (Å²) < 4.78 is 10.5. The van der Waals surface area contributed by atoms with E-state index >= 15 is 0 Å². The minimum absolute atomic E-state index is 0.435. The van der Waals surface area contributed by atoms with E-state index in [2.05, 4.69) is 17.2 Å². The minimum Gasteiger partial charge on any atom is -0.497 e. The van der Waals surface area contributed by atoms with Crippen molar-refractivity contribution in [2.24, 2.45) is 4.99 Å². The van der Waals surface area contributed by atoms with Crippen molar-refractivity contribution < 1.29 is 9.47 Å². The van der Waals surface area contributed by atoms with E-state index in [0.717, 1.165) is 34.5 Å². The van der Waals surface area contributed by atoms with Gasteiger partial charge in [0.15, 0.2) is 5.17 Å². The molecule has 0 bridgehead atoms. The zero-order valence-corrected chi connectivity index (χ0v) is 11.7. The summed E-state index contributed by atoms with van der Waals surface area (Å²) >= 11 is 1.75. The third-order valence-corrected chi connectivity index (χ3v) is 3.82. The Bertz CT molecular complexity index is 426. The summed E-state index contributed by atoms with van der Waals surface area (Å²) in [5.41, 5.74) is 0.939. The lowest BCUT2D eigenvalue weighted by Crippen LogP contribution is -2.05. The lowest BCUT2D eigenvalue weighted by Gasteiger charge is -2.09. The first-order valence-corrected chi connectivity index (χ1v) is 6.94. The highest BCUT2D eigenvalue weighted by molar-refractivity contribution is 8.14. The van der Waals surface area contributed by atoms with E-state index in [4.69, 9.17) is 9.47 Å². The Kier molecular flexibility index (Phi) is 4.36. The van der Waals surface area contributed by atoms with Crippen LogP contribution in [0.15, 0.2) is 23.2 Å². The lowest BCUT2D eigenvalue weighted by atomic mass is 10.3. The van der Waals surface area contributed by atoms with Gasteiger partial charge in [0.25, 0.3) is 0 Å². The van der Waals surface area contributed by atoms with E-state index in [1.807, 2.05) is 18.2 Å². The third-order valence-electron chi connectivity index (χ3n) is 2.79. The highest BCUT2D eigenvalue weighted by Gasteiger charge is 2.16. The second kappa shape index (κ2) is 6.00. The molecule has 0 saturated heterocycles. The number of methoxy groups -OCH3 is 2. The molecule has 1 aromatic carbocycles. The van der Waals surface area contributed by atoms with E-state index in [-0.39, 0.29) is 0 Å². The van der Waals surface area contributed by atoms with E-state index in [9.17, 15) is 0 Å². The van der Waals surface area contributed by atoms with Crippen LogP contribution in [-0.4, -0.2) is 31.2 Å². The predicted octanol–water partition coefficient (Wildman–Crippen LogP) is 3.00. The standard InChI is InChI=1S/C13H18N2O2S/c1-4-9-8-18-13(14-9)15-10-5-11(16-2)7-12(6-10)17-3/h5-7,9H,4,8H2,1-3H3,(H,14,15). The van der Waals surface area contributed by atoms with Crippen LogP contribution in [0.1, 0.15) is 13.3 Å². The molecular weight excluding hydrogens is 248 g/mol. The number of hydrogen-bond acceptors (Lipinski definition) is 5. The number of nitrogens with one attached hydrogen (secondary N) is 1. The van der Waals surface area contributed by atoms with Crippen LogP contribution in [0.5, 0.6) is 11.5 Å². The number of rotatable bonds is 4. The first kappa shape index (κ1) is 13.1. The van der Waals surface area contributed by atoms with Gasteiger partial charge in [-0.2, -0.15) is 0 Å². The Morgan fingerprint density at radius 2 is 1.94 bits per heavy atom. The Hall–Kier alpha value is -1.36. The smallest absolute Gasteiger partial charge is 0.161 e. The van der Waals surface area contributed by atoms with Crippen molar-refractivity contribution in [1.82, 2.24) is 0 Å². The van der Waals surface area contributed by atoms with Crippen LogP contribution >= 0.6 is 11.8 Å². The van der Waals surface area contributed by atoms with Gasteiger partial charge in [-0.1, -0.05) is 18.7 Å². The number of thioether (sulfide) groups is 1. The SMILES string of the molecule is CCC1CSC(Nc2cc(OC)cc(OC)c2)=N1. The molecule has 2 rings (SSSR count). The maximum atomic E-state index is 5.24. The van der Waals surface area contributed by atoms with Crippen LogP contribution in [0.3, 0.4) is 0 Å². The fourth-order valence-electron chi connectivity index (χ4n) is 1.70. The zero-order valence-electron chi connectivity index (χ0n) is 10.9. The largest absolute Gasteiger partial charge is 0.497 e. The van der Waals surface area contributed by atoms with E-state index < -0.39 is 0 Å². The van der Waals surface area contributed by atoms with Crippen molar-refractivity contribution in [3.8, 4) is 11.5 Å². The molecule has 0 aliphatic carbocycles. The van der Waals surface area contributed by atoms with Crippen molar-refractivity contribution in [2.45, 2.75) is 19.4 Å². The van der Waals surface area contributed by atoms with Gasteiger partial charge in [0, 0.05) is 29.6 Å². The summed E-state index contributed by atoms with van der Waals surface area (Å²) in [6, 6.07) is 6.16. The normalized spacial score (nSPS) is 18.4. The molecule has 0 fully saturated rings. The molecule has 18 heavy (non-hydrogen) atoms. The Morgan fingerprint density at radius 3 is 2.44 bits per heavy atom. The zero-order chi connectivity index (χ0) is 13.0. The number of hydrogen-bond donors (Lipinski definition) is 1. The van der Waals surface area contributed by atoms with Crippen molar-refractivity contribution >= 4 is 22.6 Å². The van der Waals surface area contributed by atoms with Gasteiger partial charge in [0.1, 0.15) is 11.5 Å². The maximum absolute atomic E-state index is 5.24. The number of ether oxygens (including phenoxy) is 2. The van der Waals surface area contributed by atoms with Crippen molar-refractivity contribution in [3.63, 3.8) is 0 Å². The van der Waals surface area contributed by atoms with Crippen molar-refractivity contribution in [3.05, 3.63) is 18.2 Å². The maximum Gasteiger partial charge on any atom is 0.161 e. The van der Waals surface area contributed by atoms with Crippen molar-refractivity contribution in [1.29, 1.82) is 0 Å². The molecule has 1 aromatic rings. The average molecular weight is 266 g/mol. The summed E-state index contributed by atoms with van der Waals surface area (Å²) in [5.74, 6) is 2.60. The van der Waals surface area contributed by atoms with E-state index in [1.165, 1.54) is 0 Å². The summed E-state index contributed by atoms with van der Waals surface area (Å²) in [6.07, 6.45) is 1.08. The minimum atomic E-state index is 0.435. The number of benzene rings is 1. The number of amidine groups is 1. The number of anilines is 1. The van der Waals surface area contributed by atoms with E-state index in [1.54, 1.807) is 26.0 Å². The van der Waals surface area contributed by atoms with Crippen LogP contribution in [0.25, 0.3) is 0 Å². The molecular formula is C13H18N2O2S. The van der Waals surface area contributed by atoms with Crippen LogP contribution in [-0.2, 0) is 0 Å². The van der Waals surface area contributed by atoms with Gasteiger partial charge in [-0.25, -0.2) is 0 Å². The molecule has 5 heteroatoms. The molecule has 0 aromatic heterocycles. The molecule has 1 N–H and O–H groups in total. The van der Waals surface area contributed by atoms with Crippen LogP contribution < -0.4 is 14.8 Å². The molecule has 0 amide bonds. The summed E-state index contributed by atoms with van der Waals surface area (Å²) in [4.78, 5) is 4.60. The first-order valence-electron chi connectivity index (χ1n) is 5.96. The molecule has 1 atom stereocenters. The molecule has 1 heterocycles. The summed E-state index contributed by atoms with van der Waals surface area (Å²) in [6.45, 7) is 2.16. The second-order valence-corrected chi connectivity index (χ2v) is 5.04. The van der Waals surface area contributed by atoms with Gasteiger partial charge < -0.3 is 14.8 Å². The van der Waals surface area contributed by atoms with Crippen LogP contribution in [0, 0.1) is 0 Å². The molecule has 1 aliphatic heterocycles. The molecule has 1 aliphatic rings. The molecule has 1 unspecified atom stereocenters. The van der Waals surface area contributed by atoms with Gasteiger partial charge in [0.05, 0.1) is 20.3 Å². The molecule has 4 nitrogen and oxygen atoms in total. The molecule has 0 radical (unpaired) electrons. The van der Waals surface area contributed by atoms with Gasteiger partial charge in [0.2, 0.25) is 0 Å². The van der Waals surface area contributed by atoms with Gasteiger partial charge in [-0.15, -0.1) is 0 Å². The highest BCUT2D eigenvalue weighted by atomic mass is 32.2. The summed E-state index contributed by atoms with van der Waals surface area (Å²) in [5, 5.41) is 4.28. The first-order chi connectivity index (χ1) is 8.75. The fourth-order valence-corrected chi connectivity index (χ4v) is 2.77. The fraction of sp³-hybridized carbons (Fsp3) is 0.462. The van der Waals surface area contributed by atoms with Crippen LogP contribution in [0.4, 0.5) is 5.69 Å². The number of aliphatic imine (C=N–C) groups is 1. The molecule has 0 saturated carbocycles. The van der Waals surface area contributed by atoms with Gasteiger partial charge in [-0.05, 0) is 6.42 Å². The van der Waals surface area contributed by atoms with Crippen molar-refractivity contribution in [2.75, 3.05) is 25.3 Å². The Labute approximate surface area is 112 Å². The number of nitrogens with zero attached hydrogens (tertiary/aromatic N) is 1. The Morgan fingerprint density at radius 1 is 1.28 bits per heavy atom. The quantitative estimate of drug-likeness (QED) is 0.909. The second-order valence-electron chi connectivity index (χ2n) is 4.03. The summed E-state index contributed by atoms with van der Waals surface area (Å²) in [7, 11) is 3.29. The molecule has 98 valence electrons. The van der Waals surface area contributed by atoms with Gasteiger partial charge >= 0.3 is 0 Å². The highest BCUT2D eigenvalue weighted by Crippen LogP contribution is 2.28. The third kappa shape index (κ3) is 3.10. The monoisotopic (exact) mass is 266 g/mol. The Balaban J connectivity index is 2.13. The molecule has 0 spiro atoms. The topological polar surface area (TPSA) is 42.8 Å². The van der Waals surface area contributed by atoms with E-state index in [0.29, 0.717) is 6.04 Å².